The van der Waals surface area contributed by atoms with Crippen molar-refractivity contribution in [3.05, 3.63) is 78.5 Å². The van der Waals surface area contributed by atoms with Gasteiger partial charge in [0.15, 0.2) is 0 Å². The van der Waals surface area contributed by atoms with Crippen LogP contribution in [-0.4, -0.2) is 17.0 Å². The molecule has 2 N–H and O–H groups in total. The maximum absolute atomic E-state index is 12.1. The molecular formula is C23H25N3O2. The predicted octanol–water partition coefficient (Wildman–Crippen LogP) is 5.18. The number of amides is 1. The zero-order valence-corrected chi connectivity index (χ0v) is 16.2. The molecule has 0 atom stereocenters. The molecule has 0 radical (unpaired) electrons. The molecule has 0 aliphatic rings. The van der Waals surface area contributed by atoms with E-state index in [1.165, 1.54) is 0 Å². The topological polar surface area (TPSA) is 63.2 Å². The predicted molar refractivity (Wildman–Crippen MR) is 113 cm³/mol. The number of aryl methyl sites for hydroxylation is 1. The van der Waals surface area contributed by atoms with Crippen LogP contribution in [-0.2, 0) is 11.2 Å². The summed E-state index contributed by atoms with van der Waals surface area (Å²) >= 11 is 0. The van der Waals surface area contributed by atoms with Crippen molar-refractivity contribution in [1.29, 1.82) is 0 Å². The zero-order chi connectivity index (χ0) is 19.8. The second-order valence-electron chi connectivity index (χ2n) is 6.78. The summed E-state index contributed by atoms with van der Waals surface area (Å²) in [6.45, 7) is 4.00. The lowest BCUT2D eigenvalue weighted by Crippen LogP contribution is -2.13. The number of aromatic nitrogens is 1. The van der Waals surface area contributed by atoms with E-state index in [9.17, 15) is 4.79 Å². The van der Waals surface area contributed by atoms with E-state index < -0.39 is 0 Å². The normalized spacial score (nSPS) is 10.5. The van der Waals surface area contributed by atoms with Gasteiger partial charge < -0.3 is 15.4 Å². The van der Waals surface area contributed by atoms with E-state index >= 15 is 0 Å². The Morgan fingerprint density at radius 1 is 0.964 bits per heavy atom. The van der Waals surface area contributed by atoms with Crippen LogP contribution in [0.5, 0.6) is 5.75 Å². The van der Waals surface area contributed by atoms with Gasteiger partial charge in [-0.1, -0.05) is 30.3 Å². The highest BCUT2D eigenvalue weighted by Crippen LogP contribution is 2.21. The highest BCUT2D eigenvalue weighted by Gasteiger charge is 2.05. The van der Waals surface area contributed by atoms with Crippen LogP contribution in [0.1, 0.15) is 25.8 Å². The van der Waals surface area contributed by atoms with Gasteiger partial charge in [-0.15, -0.1) is 0 Å². The first kappa shape index (κ1) is 19.4. The average Bonchev–Trinajstić information content (AvgIpc) is 2.70. The summed E-state index contributed by atoms with van der Waals surface area (Å²) < 4.78 is 5.64. The lowest BCUT2D eigenvalue weighted by molar-refractivity contribution is -0.116. The number of ether oxygens (including phenoxy) is 1. The van der Waals surface area contributed by atoms with Crippen LogP contribution in [0.3, 0.4) is 0 Å². The molecule has 0 aliphatic heterocycles. The Balaban J connectivity index is 1.49. The zero-order valence-electron chi connectivity index (χ0n) is 16.2. The Bertz CT molecular complexity index is 876. The summed E-state index contributed by atoms with van der Waals surface area (Å²) in [6.07, 6.45) is 2.99. The van der Waals surface area contributed by atoms with E-state index in [-0.39, 0.29) is 12.0 Å². The van der Waals surface area contributed by atoms with Gasteiger partial charge in [-0.2, -0.15) is 0 Å². The first-order valence-electron chi connectivity index (χ1n) is 9.42. The van der Waals surface area contributed by atoms with E-state index in [1.807, 2.05) is 74.5 Å². The summed E-state index contributed by atoms with van der Waals surface area (Å²) in [6, 6.07) is 21.4. The Kier molecular flexibility index (Phi) is 6.63. The second kappa shape index (κ2) is 9.55. The lowest BCUT2D eigenvalue weighted by atomic mass is 10.1. The first-order chi connectivity index (χ1) is 13.6. The van der Waals surface area contributed by atoms with Gasteiger partial charge in [-0.3, -0.25) is 4.79 Å². The lowest BCUT2D eigenvalue weighted by Gasteiger charge is -2.11. The molecule has 1 aromatic heterocycles. The molecule has 0 aliphatic carbocycles. The van der Waals surface area contributed by atoms with Crippen LogP contribution in [0.2, 0.25) is 0 Å². The smallest absolute Gasteiger partial charge is 0.225 e. The van der Waals surface area contributed by atoms with Crippen molar-refractivity contribution < 1.29 is 9.53 Å². The van der Waals surface area contributed by atoms with Gasteiger partial charge in [0.2, 0.25) is 5.91 Å². The van der Waals surface area contributed by atoms with Crippen LogP contribution >= 0.6 is 0 Å². The van der Waals surface area contributed by atoms with Crippen LogP contribution in [0.15, 0.2) is 72.9 Å². The number of rotatable bonds is 8. The molecule has 0 fully saturated rings. The van der Waals surface area contributed by atoms with E-state index in [1.54, 1.807) is 12.3 Å². The fourth-order valence-corrected chi connectivity index (χ4v) is 2.71. The number of nitrogens with zero attached hydrogens (tertiary/aromatic N) is 1. The molecule has 0 unspecified atom stereocenters. The molecule has 1 heterocycles. The fourth-order valence-electron chi connectivity index (χ4n) is 2.71. The van der Waals surface area contributed by atoms with Crippen LogP contribution in [0, 0.1) is 0 Å². The van der Waals surface area contributed by atoms with E-state index in [4.69, 9.17) is 4.74 Å². The largest absolute Gasteiger partial charge is 0.491 e. The van der Waals surface area contributed by atoms with Crippen LogP contribution in [0.4, 0.5) is 17.2 Å². The average molecular weight is 375 g/mol. The van der Waals surface area contributed by atoms with Gasteiger partial charge in [-0.05, 0) is 62.2 Å². The van der Waals surface area contributed by atoms with Crippen LogP contribution in [0.25, 0.3) is 0 Å². The minimum atomic E-state index is -0.0437. The molecule has 1 amide bonds. The molecule has 0 saturated carbocycles. The number of pyridine rings is 1. The monoisotopic (exact) mass is 375 g/mol. The highest BCUT2D eigenvalue weighted by molar-refractivity contribution is 5.90. The van der Waals surface area contributed by atoms with Gasteiger partial charge >= 0.3 is 0 Å². The standard InChI is InChI=1S/C23H25N3O2/c1-17(2)28-21-12-9-19(10-13-21)25-20-11-14-22(24-16-20)26-23(27)15-8-18-6-4-3-5-7-18/h3-7,9-14,16-17,25H,8,15H2,1-2H3,(H,24,26,27). The van der Waals surface area contributed by atoms with Gasteiger partial charge in [-0.25, -0.2) is 4.98 Å². The summed E-state index contributed by atoms with van der Waals surface area (Å²) in [5.41, 5.74) is 2.94. The van der Waals surface area contributed by atoms with Crippen molar-refractivity contribution >= 4 is 23.1 Å². The van der Waals surface area contributed by atoms with Gasteiger partial charge in [0.1, 0.15) is 11.6 Å². The fraction of sp³-hybridized carbons (Fsp3) is 0.217. The Hall–Kier alpha value is -3.34. The Morgan fingerprint density at radius 2 is 1.68 bits per heavy atom. The van der Waals surface area contributed by atoms with Crippen molar-refractivity contribution in [3.63, 3.8) is 0 Å². The minimum absolute atomic E-state index is 0.0437. The van der Waals surface area contributed by atoms with Crippen LogP contribution < -0.4 is 15.4 Å². The van der Waals surface area contributed by atoms with E-state index in [2.05, 4.69) is 15.6 Å². The molecule has 3 aromatic rings. The second-order valence-corrected chi connectivity index (χ2v) is 6.78. The quantitative estimate of drug-likeness (QED) is 0.569. The van der Waals surface area contributed by atoms with Crippen molar-refractivity contribution in [2.24, 2.45) is 0 Å². The summed E-state index contributed by atoms with van der Waals surface area (Å²) in [5, 5.41) is 6.12. The number of carbonyl (C=O) groups is 1. The third-order valence-corrected chi connectivity index (χ3v) is 4.03. The molecule has 144 valence electrons. The number of hydrogen-bond acceptors (Lipinski definition) is 4. The maximum atomic E-state index is 12.1. The third kappa shape index (κ3) is 6.13. The van der Waals surface area contributed by atoms with Crippen molar-refractivity contribution in [2.45, 2.75) is 32.8 Å². The SMILES string of the molecule is CC(C)Oc1ccc(Nc2ccc(NC(=O)CCc3ccccc3)nc2)cc1. The van der Waals surface area contributed by atoms with Gasteiger partial charge in [0.25, 0.3) is 0 Å². The molecule has 5 nitrogen and oxygen atoms in total. The van der Waals surface area contributed by atoms with Gasteiger partial charge in [0.05, 0.1) is 18.0 Å². The van der Waals surface area contributed by atoms with Gasteiger partial charge in [0, 0.05) is 12.1 Å². The summed E-state index contributed by atoms with van der Waals surface area (Å²) in [5.74, 6) is 1.34. The maximum Gasteiger partial charge on any atom is 0.225 e. The molecular weight excluding hydrogens is 350 g/mol. The van der Waals surface area contributed by atoms with E-state index in [0.29, 0.717) is 18.7 Å². The molecule has 2 aromatic carbocycles. The molecule has 28 heavy (non-hydrogen) atoms. The number of nitrogens with one attached hydrogen (secondary N) is 2. The number of hydrogen-bond donors (Lipinski definition) is 2. The molecule has 0 spiro atoms. The van der Waals surface area contributed by atoms with E-state index in [0.717, 1.165) is 22.7 Å². The molecule has 5 heteroatoms. The number of carbonyl (C=O) groups excluding carboxylic acids is 1. The number of benzene rings is 2. The number of anilines is 3. The van der Waals surface area contributed by atoms with Crippen molar-refractivity contribution in [1.82, 2.24) is 4.98 Å². The molecule has 0 saturated heterocycles. The van der Waals surface area contributed by atoms with Crippen molar-refractivity contribution in [3.8, 4) is 5.75 Å². The minimum Gasteiger partial charge on any atom is -0.491 e. The summed E-state index contributed by atoms with van der Waals surface area (Å²) in [4.78, 5) is 16.4. The van der Waals surface area contributed by atoms with Crippen molar-refractivity contribution in [2.75, 3.05) is 10.6 Å². The third-order valence-electron chi connectivity index (χ3n) is 4.03. The Morgan fingerprint density at radius 3 is 2.32 bits per heavy atom. The summed E-state index contributed by atoms with van der Waals surface area (Å²) in [7, 11) is 0. The molecule has 3 rings (SSSR count). The first-order valence-corrected chi connectivity index (χ1v) is 9.42. The highest BCUT2D eigenvalue weighted by atomic mass is 16.5. The molecule has 0 bridgehead atoms. The Labute approximate surface area is 165 Å².